The van der Waals surface area contributed by atoms with Gasteiger partial charge < -0.3 is 4.52 Å². The normalized spacial score (nSPS) is 8.83. The Morgan fingerprint density at radius 3 is 2.83 bits per heavy atom. The second-order valence-corrected chi connectivity index (χ2v) is 1.11. The molecule has 1 heterocycles. The van der Waals surface area contributed by atoms with Gasteiger partial charge in [0.05, 0.1) is 0 Å². The highest BCUT2D eigenvalue weighted by atomic mass is 35.5. The minimum absolute atomic E-state index is 0.287. The molecule has 0 aliphatic heterocycles. The summed E-state index contributed by atoms with van der Waals surface area (Å²) in [5, 5.41) is 6.62. The monoisotopic (exact) mass is 104 g/mol. The van der Waals surface area contributed by atoms with Gasteiger partial charge in [0.25, 0.3) is 0 Å². The van der Waals surface area contributed by atoms with Gasteiger partial charge in [0, 0.05) is 5.27 Å². The number of nitrogens with zero attached hydrogens (tertiary/aromatic N) is 2. The van der Waals surface area contributed by atoms with Crippen LogP contribution < -0.4 is 0 Å². The molecule has 0 fully saturated rings. The zero-order valence-corrected chi connectivity index (χ0v) is 3.51. The Balaban J connectivity index is 3.05. The summed E-state index contributed by atoms with van der Waals surface area (Å²) < 4.78 is 4.22. The molecular formula is C2HClN2O. The van der Waals surface area contributed by atoms with E-state index in [0.717, 1.165) is 0 Å². The Bertz CT molecular complexity index is 115. The van der Waals surface area contributed by atoms with Crippen molar-refractivity contribution in [3.8, 4) is 0 Å². The highest BCUT2D eigenvalue weighted by Gasteiger charge is 1.83. The van der Waals surface area contributed by atoms with Crippen LogP contribution in [-0.2, 0) is 0 Å². The third-order valence-electron chi connectivity index (χ3n) is 0.333. The van der Waals surface area contributed by atoms with Crippen molar-refractivity contribution < 1.29 is 4.52 Å². The number of hydrogen-bond acceptors (Lipinski definition) is 3. The fraction of sp³-hybridized carbons (Fsp3) is 0. The van der Waals surface area contributed by atoms with Crippen LogP contribution >= 0.6 is 11.6 Å². The second-order valence-electron chi connectivity index (χ2n) is 0.728. The van der Waals surface area contributed by atoms with Crippen molar-refractivity contribution in [2.45, 2.75) is 0 Å². The van der Waals surface area contributed by atoms with Gasteiger partial charge in [-0.3, -0.25) is 0 Å². The molecule has 0 bridgehead atoms. The van der Waals surface area contributed by atoms with Crippen LogP contribution in [0.3, 0.4) is 0 Å². The number of aromatic nitrogens is 2. The molecule has 0 aliphatic rings. The van der Waals surface area contributed by atoms with Crippen LogP contribution in [0.25, 0.3) is 0 Å². The van der Waals surface area contributed by atoms with Crippen LogP contribution in [0.2, 0.25) is 5.15 Å². The summed E-state index contributed by atoms with van der Waals surface area (Å²) in [6.07, 6.45) is 1.25. The first kappa shape index (κ1) is 3.61. The van der Waals surface area contributed by atoms with Crippen molar-refractivity contribution in [1.82, 2.24) is 10.4 Å². The van der Waals surface area contributed by atoms with E-state index in [0.29, 0.717) is 0 Å². The third-order valence-corrected chi connectivity index (χ3v) is 0.498. The number of halogens is 1. The molecule has 0 N–H and O–H groups in total. The molecule has 0 atom stereocenters. The van der Waals surface area contributed by atoms with Gasteiger partial charge >= 0.3 is 0 Å². The summed E-state index contributed by atoms with van der Waals surface area (Å²) in [5.74, 6) is 0. The van der Waals surface area contributed by atoms with Crippen molar-refractivity contribution in [2.75, 3.05) is 0 Å². The molecule has 3 nitrogen and oxygen atoms in total. The van der Waals surface area contributed by atoms with Gasteiger partial charge in [-0.05, 0) is 0 Å². The number of rotatable bonds is 0. The molecule has 32 valence electrons. The summed E-state index contributed by atoms with van der Waals surface area (Å²) in [6.45, 7) is 0. The van der Waals surface area contributed by atoms with Crippen LogP contribution in [0.4, 0.5) is 0 Å². The Morgan fingerprint density at radius 1 is 1.83 bits per heavy atom. The largest absolute Gasteiger partial charge is 0.344 e. The molecule has 1 rings (SSSR count). The quantitative estimate of drug-likeness (QED) is 0.487. The van der Waals surface area contributed by atoms with Crippen LogP contribution in [0.1, 0.15) is 0 Å². The maximum Gasteiger partial charge on any atom is 0.192 e. The number of hydrogen-bond donors (Lipinski definition) is 0. The predicted octanol–water partition coefficient (Wildman–Crippen LogP) is 0.723. The molecule has 0 saturated heterocycles. The molecular weight excluding hydrogens is 103 g/mol. The zero-order valence-electron chi connectivity index (χ0n) is 2.76. The topological polar surface area (TPSA) is 38.9 Å². The first-order valence-corrected chi connectivity index (χ1v) is 1.70. The lowest BCUT2D eigenvalue weighted by molar-refractivity contribution is 0.393. The van der Waals surface area contributed by atoms with Crippen LogP contribution in [0.5, 0.6) is 0 Å². The fourth-order valence-electron chi connectivity index (χ4n) is 0.153. The Kier molecular flexibility index (Phi) is 0.759. The summed E-state index contributed by atoms with van der Waals surface area (Å²) in [5.41, 5.74) is 0. The average molecular weight is 104 g/mol. The zero-order chi connectivity index (χ0) is 4.41. The molecule has 6 heavy (non-hydrogen) atoms. The lowest BCUT2D eigenvalue weighted by Crippen LogP contribution is -1.58. The standard InChI is InChI=1S/C2HClN2O/c3-2-1-6-5-4-2/h1H. The van der Waals surface area contributed by atoms with E-state index in [4.69, 9.17) is 11.6 Å². The smallest absolute Gasteiger partial charge is 0.192 e. The van der Waals surface area contributed by atoms with Gasteiger partial charge in [-0.1, -0.05) is 16.7 Å². The lowest BCUT2D eigenvalue weighted by atomic mass is 11.0. The minimum atomic E-state index is 0.287. The van der Waals surface area contributed by atoms with Crippen molar-refractivity contribution >= 4 is 11.6 Å². The molecule has 0 unspecified atom stereocenters. The first-order chi connectivity index (χ1) is 2.89. The van der Waals surface area contributed by atoms with Gasteiger partial charge in [0.15, 0.2) is 11.4 Å². The predicted molar refractivity (Wildman–Crippen MR) is 19.3 cm³/mol. The fourth-order valence-corrected chi connectivity index (χ4v) is 0.224. The van der Waals surface area contributed by atoms with Gasteiger partial charge in [0.2, 0.25) is 0 Å². The first-order valence-electron chi connectivity index (χ1n) is 1.32. The van der Waals surface area contributed by atoms with E-state index >= 15 is 0 Å². The SMILES string of the molecule is Clc1conn1. The maximum absolute atomic E-state index is 5.19. The Labute approximate surface area is 38.9 Å². The molecule has 0 saturated carbocycles. The molecule has 1 aromatic heterocycles. The highest BCUT2D eigenvalue weighted by Crippen LogP contribution is 1.96. The van der Waals surface area contributed by atoms with Crippen LogP contribution in [0, 0.1) is 0 Å². The van der Waals surface area contributed by atoms with E-state index in [9.17, 15) is 0 Å². The molecule has 0 spiro atoms. The van der Waals surface area contributed by atoms with Crippen LogP contribution in [0.15, 0.2) is 10.8 Å². The average Bonchev–Trinajstić information content (AvgIpc) is 1.86. The lowest BCUT2D eigenvalue weighted by Gasteiger charge is -1.54. The van der Waals surface area contributed by atoms with Crippen molar-refractivity contribution in [2.24, 2.45) is 0 Å². The van der Waals surface area contributed by atoms with Crippen molar-refractivity contribution in [3.05, 3.63) is 11.4 Å². The second kappa shape index (κ2) is 1.26. The maximum atomic E-state index is 5.19. The van der Waals surface area contributed by atoms with Gasteiger partial charge in [-0.25, -0.2) is 0 Å². The van der Waals surface area contributed by atoms with E-state index in [2.05, 4.69) is 14.9 Å². The van der Waals surface area contributed by atoms with Gasteiger partial charge in [-0.15, -0.1) is 0 Å². The summed E-state index contributed by atoms with van der Waals surface area (Å²) >= 11 is 5.19. The van der Waals surface area contributed by atoms with E-state index < -0.39 is 0 Å². The minimum Gasteiger partial charge on any atom is -0.344 e. The molecule has 0 aliphatic carbocycles. The molecule has 1 aromatic rings. The third kappa shape index (κ3) is 0.490. The molecule has 4 heteroatoms. The summed E-state index contributed by atoms with van der Waals surface area (Å²) in [7, 11) is 0. The van der Waals surface area contributed by atoms with Crippen molar-refractivity contribution in [3.63, 3.8) is 0 Å². The summed E-state index contributed by atoms with van der Waals surface area (Å²) in [4.78, 5) is 0. The molecule has 0 aromatic carbocycles. The Morgan fingerprint density at radius 2 is 2.67 bits per heavy atom. The van der Waals surface area contributed by atoms with E-state index in [-0.39, 0.29) is 5.15 Å². The van der Waals surface area contributed by atoms with E-state index in [1.807, 2.05) is 0 Å². The highest BCUT2D eigenvalue weighted by molar-refractivity contribution is 6.29. The van der Waals surface area contributed by atoms with Crippen LogP contribution in [-0.4, -0.2) is 10.4 Å². The van der Waals surface area contributed by atoms with E-state index in [1.54, 1.807) is 0 Å². The summed E-state index contributed by atoms with van der Waals surface area (Å²) in [6, 6.07) is 0. The Hall–Kier alpha value is -0.570. The van der Waals surface area contributed by atoms with Crippen molar-refractivity contribution in [1.29, 1.82) is 0 Å². The van der Waals surface area contributed by atoms with E-state index in [1.165, 1.54) is 6.26 Å². The molecule has 0 amide bonds. The molecule has 0 radical (unpaired) electrons. The van der Waals surface area contributed by atoms with Gasteiger partial charge in [0.1, 0.15) is 0 Å². The van der Waals surface area contributed by atoms with Gasteiger partial charge in [-0.2, -0.15) is 0 Å².